The number of nitrogens with one attached hydrogen (secondary N) is 1. The lowest BCUT2D eigenvalue weighted by Gasteiger charge is -2.25. The number of benzene rings is 1. The number of hydrogen-bond acceptors (Lipinski definition) is 3. The van der Waals surface area contributed by atoms with Gasteiger partial charge in [-0.1, -0.05) is 24.3 Å². The fraction of sp³-hybridized carbons (Fsp3) is 0.143. The Morgan fingerprint density at radius 1 is 1.24 bits per heavy atom. The molecule has 17 heavy (non-hydrogen) atoms. The summed E-state index contributed by atoms with van der Waals surface area (Å²) in [5.74, 6) is 0.944. The summed E-state index contributed by atoms with van der Waals surface area (Å²) in [6.07, 6.45) is 8.00. The van der Waals surface area contributed by atoms with Crippen LogP contribution in [0.2, 0.25) is 0 Å². The van der Waals surface area contributed by atoms with Crippen LogP contribution in [-0.2, 0) is 4.74 Å². The minimum absolute atomic E-state index is 0.0421. The van der Waals surface area contributed by atoms with E-state index >= 15 is 0 Å². The molecule has 3 heteroatoms. The molecule has 0 aromatic heterocycles. The van der Waals surface area contributed by atoms with Gasteiger partial charge in [0.25, 0.3) is 0 Å². The van der Waals surface area contributed by atoms with Crippen LogP contribution in [0.5, 0.6) is 5.75 Å². The van der Waals surface area contributed by atoms with Crippen LogP contribution in [0.15, 0.2) is 42.5 Å². The van der Waals surface area contributed by atoms with Crippen LogP contribution in [-0.4, -0.2) is 18.3 Å². The van der Waals surface area contributed by atoms with E-state index in [1.165, 1.54) is 0 Å². The van der Waals surface area contributed by atoms with Crippen LogP contribution in [0.3, 0.4) is 0 Å². The van der Waals surface area contributed by atoms with Gasteiger partial charge in [0, 0.05) is 17.8 Å². The van der Waals surface area contributed by atoms with Gasteiger partial charge in [-0.15, -0.1) is 0 Å². The topological polar surface area (TPSA) is 41.5 Å². The van der Waals surface area contributed by atoms with Gasteiger partial charge in [0.1, 0.15) is 11.9 Å². The van der Waals surface area contributed by atoms with E-state index in [9.17, 15) is 5.11 Å². The van der Waals surface area contributed by atoms with Crippen molar-refractivity contribution in [3.8, 4) is 5.75 Å². The van der Waals surface area contributed by atoms with Crippen LogP contribution in [0.25, 0.3) is 11.5 Å². The van der Waals surface area contributed by atoms with Crippen molar-refractivity contribution in [3.63, 3.8) is 0 Å². The third-order valence-corrected chi connectivity index (χ3v) is 3.01. The van der Waals surface area contributed by atoms with Crippen LogP contribution in [0.1, 0.15) is 0 Å². The molecule has 1 aliphatic carbocycles. The second-order valence-electron chi connectivity index (χ2n) is 4.05. The first-order valence-corrected chi connectivity index (χ1v) is 5.56. The molecule has 1 aliphatic heterocycles. The van der Waals surface area contributed by atoms with Gasteiger partial charge in [-0.05, 0) is 23.4 Å². The molecule has 1 aromatic rings. The number of hydrogen-bond donors (Lipinski definition) is 2. The van der Waals surface area contributed by atoms with Crippen molar-refractivity contribution in [1.82, 2.24) is 5.32 Å². The Bertz CT molecular complexity index is 641. The summed E-state index contributed by atoms with van der Waals surface area (Å²) in [6, 6.07) is 5.35. The molecule has 86 valence electrons. The van der Waals surface area contributed by atoms with E-state index in [0.717, 1.165) is 16.0 Å². The van der Waals surface area contributed by atoms with Crippen LogP contribution in [0.4, 0.5) is 0 Å². The minimum atomic E-state index is -0.0421. The molecule has 2 aliphatic rings. The summed E-state index contributed by atoms with van der Waals surface area (Å²) in [5.41, 5.74) is 1.13. The van der Waals surface area contributed by atoms with E-state index in [1.54, 1.807) is 12.1 Å². The Morgan fingerprint density at radius 3 is 2.94 bits per heavy atom. The molecule has 0 amide bonds. The van der Waals surface area contributed by atoms with E-state index in [0.29, 0.717) is 5.88 Å². The minimum Gasteiger partial charge on any atom is -0.508 e. The number of fused-ring (bicyclic) bond motifs is 2. The normalized spacial score (nSPS) is 20.6. The number of phenols is 1. The predicted octanol–water partition coefficient (Wildman–Crippen LogP) is 0.353. The van der Waals surface area contributed by atoms with Gasteiger partial charge in [-0.2, -0.15) is 0 Å². The van der Waals surface area contributed by atoms with Gasteiger partial charge >= 0.3 is 0 Å². The van der Waals surface area contributed by atoms with Gasteiger partial charge in [0.2, 0.25) is 0 Å². The summed E-state index contributed by atoms with van der Waals surface area (Å²) in [4.78, 5) is 0. The second kappa shape index (κ2) is 3.70. The van der Waals surface area contributed by atoms with Crippen molar-refractivity contribution in [2.24, 2.45) is 0 Å². The predicted molar refractivity (Wildman–Crippen MR) is 66.4 cm³/mol. The van der Waals surface area contributed by atoms with Crippen molar-refractivity contribution in [2.75, 3.05) is 7.05 Å². The number of rotatable bonds is 1. The fourth-order valence-electron chi connectivity index (χ4n) is 2.22. The smallest absolute Gasteiger partial charge is 0.195 e. The van der Waals surface area contributed by atoms with E-state index in [4.69, 9.17) is 4.74 Å². The van der Waals surface area contributed by atoms with Gasteiger partial charge in [0.15, 0.2) is 5.88 Å². The molecular weight excluding hydrogens is 214 g/mol. The van der Waals surface area contributed by atoms with Crippen molar-refractivity contribution in [3.05, 3.63) is 52.9 Å². The highest BCUT2D eigenvalue weighted by molar-refractivity contribution is 5.69. The maximum Gasteiger partial charge on any atom is 0.195 e. The Labute approximate surface area is 99.0 Å². The van der Waals surface area contributed by atoms with Crippen LogP contribution < -0.4 is 15.8 Å². The lowest BCUT2D eigenvalue weighted by Crippen LogP contribution is -2.41. The lowest BCUT2D eigenvalue weighted by atomic mass is 9.98. The average molecular weight is 227 g/mol. The Balaban J connectivity index is 2.41. The summed E-state index contributed by atoms with van der Waals surface area (Å²) < 4.78 is 5.84. The molecule has 3 nitrogen and oxygen atoms in total. The van der Waals surface area contributed by atoms with Gasteiger partial charge in [-0.3, -0.25) is 0 Å². The molecule has 1 heterocycles. The highest BCUT2D eigenvalue weighted by Gasteiger charge is 2.20. The standard InChI is InChI=1S/C14H13NO2/c1-15-14-12-8-9(16)6-7-10(12)11-4-2-3-5-13(11)17-14/h2-8,13,15-16H,1H3. The second-order valence-corrected chi connectivity index (χ2v) is 4.05. The van der Waals surface area contributed by atoms with E-state index in [-0.39, 0.29) is 11.9 Å². The molecule has 0 saturated heterocycles. The molecule has 2 N–H and O–H groups in total. The van der Waals surface area contributed by atoms with E-state index in [2.05, 4.69) is 5.32 Å². The zero-order valence-corrected chi connectivity index (χ0v) is 9.47. The monoisotopic (exact) mass is 227 g/mol. The van der Waals surface area contributed by atoms with Crippen molar-refractivity contribution in [2.45, 2.75) is 6.10 Å². The molecule has 0 fully saturated rings. The average Bonchev–Trinajstić information content (AvgIpc) is 2.37. The third kappa shape index (κ3) is 1.51. The van der Waals surface area contributed by atoms with E-state index in [1.807, 2.05) is 37.4 Å². The highest BCUT2D eigenvalue weighted by Crippen LogP contribution is 2.19. The van der Waals surface area contributed by atoms with Gasteiger partial charge < -0.3 is 15.2 Å². The summed E-state index contributed by atoms with van der Waals surface area (Å²) in [7, 11) is 1.82. The third-order valence-electron chi connectivity index (χ3n) is 3.01. The number of ether oxygens (including phenoxy) is 1. The molecule has 1 atom stereocenters. The van der Waals surface area contributed by atoms with E-state index < -0.39 is 0 Å². The summed E-state index contributed by atoms with van der Waals surface area (Å²) in [6.45, 7) is 0. The molecule has 0 spiro atoms. The maximum absolute atomic E-state index is 9.56. The Morgan fingerprint density at radius 2 is 2.12 bits per heavy atom. The Kier molecular flexibility index (Phi) is 2.18. The quantitative estimate of drug-likeness (QED) is 0.727. The number of allylic oxidation sites excluding steroid dienone is 2. The van der Waals surface area contributed by atoms with Gasteiger partial charge in [-0.25, -0.2) is 0 Å². The molecule has 1 aromatic carbocycles. The Hall–Kier alpha value is -2.16. The SMILES string of the molecule is CNC1=c2cc(O)ccc2=C2C=CC=CC2O1. The molecule has 1 unspecified atom stereocenters. The molecule has 3 rings (SSSR count). The largest absolute Gasteiger partial charge is 0.508 e. The van der Waals surface area contributed by atoms with Crippen LogP contribution in [0, 0.1) is 0 Å². The number of phenolic OH excluding ortho intramolecular Hbond substituents is 1. The summed E-state index contributed by atoms with van der Waals surface area (Å²) >= 11 is 0. The zero-order chi connectivity index (χ0) is 11.8. The van der Waals surface area contributed by atoms with Crippen molar-refractivity contribution in [1.29, 1.82) is 0 Å². The first-order chi connectivity index (χ1) is 8.29. The van der Waals surface area contributed by atoms with Crippen LogP contribution >= 0.6 is 0 Å². The molecular formula is C14H13NO2. The highest BCUT2D eigenvalue weighted by atomic mass is 16.5. The first-order valence-electron chi connectivity index (χ1n) is 5.56. The maximum atomic E-state index is 9.56. The van der Waals surface area contributed by atoms with Crippen molar-refractivity contribution >= 4 is 11.5 Å². The van der Waals surface area contributed by atoms with Gasteiger partial charge in [0.05, 0.1) is 0 Å². The molecule has 0 saturated carbocycles. The molecule has 0 radical (unpaired) electrons. The summed E-state index contributed by atoms with van der Waals surface area (Å²) in [5, 5.41) is 14.6. The number of aromatic hydroxyl groups is 1. The first kappa shape index (κ1) is 10.0. The lowest BCUT2D eigenvalue weighted by molar-refractivity contribution is 0.238. The van der Waals surface area contributed by atoms with Crippen molar-refractivity contribution < 1.29 is 9.84 Å². The fourth-order valence-corrected chi connectivity index (χ4v) is 2.22. The zero-order valence-electron chi connectivity index (χ0n) is 9.47. The molecule has 0 bridgehead atoms.